The number of fused-ring (bicyclic) bond motifs is 2. The number of rotatable bonds is 4. The lowest BCUT2D eigenvalue weighted by atomic mass is 9.73. The SMILES string of the molecule is Cc1[nH]nc2ccc(-c3nnc(C(N)(CN)C4CCc5ccccc5C4)s3)cc12. The predicted octanol–water partition coefficient (Wildman–Crippen LogP) is 3.31. The number of nitrogens with zero attached hydrogens (tertiary/aromatic N) is 3. The van der Waals surface area contributed by atoms with Gasteiger partial charge in [-0.25, -0.2) is 0 Å². The fourth-order valence-corrected chi connectivity index (χ4v) is 5.40. The van der Waals surface area contributed by atoms with Gasteiger partial charge in [0, 0.05) is 23.2 Å². The zero-order valence-corrected chi connectivity index (χ0v) is 17.2. The number of hydrogen-bond donors (Lipinski definition) is 3. The molecule has 6 nitrogen and oxygen atoms in total. The Bertz CT molecular complexity index is 1180. The van der Waals surface area contributed by atoms with Crippen molar-refractivity contribution in [3.05, 3.63) is 64.3 Å². The minimum absolute atomic E-state index is 0.252. The molecule has 5 rings (SSSR count). The van der Waals surface area contributed by atoms with Crippen molar-refractivity contribution in [3.8, 4) is 10.6 Å². The van der Waals surface area contributed by atoms with Crippen LogP contribution in [0.2, 0.25) is 0 Å². The molecule has 1 aliphatic rings. The number of nitrogens with one attached hydrogen (secondary N) is 1. The Labute approximate surface area is 173 Å². The third kappa shape index (κ3) is 3.06. The van der Waals surface area contributed by atoms with Crippen molar-refractivity contribution in [3.63, 3.8) is 0 Å². The Kier molecular flexibility index (Phi) is 4.46. The molecule has 148 valence electrons. The van der Waals surface area contributed by atoms with Crippen LogP contribution in [-0.2, 0) is 18.4 Å². The first-order valence-corrected chi connectivity index (χ1v) is 10.7. The zero-order valence-electron chi connectivity index (χ0n) is 16.4. The summed E-state index contributed by atoms with van der Waals surface area (Å²) in [4.78, 5) is 0. The summed E-state index contributed by atoms with van der Waals surface area (Å²) >= 11 is 1.55. The van der Waals surface area contributed by atoms with Gasteiger partial charge in [0.05, 0.1) is 11.1 Å². The highest BCUT2D eigenvalue weighted by Gasteiger charge is 2.40. The quantitative estimate of drug-likeness (QED) is 0.484. The van der Waals surface area contributed by atoms with E-state index in [9.17, 15) is 0 Å². The second-order valence-corrected chi connectivity index (χ2v) is 8.92. The van der Waals surface area contributed by atoms with E-state index in [2.05, 4.69) is 50.7 Å². The van der Waals surface area contributed by atoms with Gasteiger partial charge in [0.1, 0.15) is 10.0 Å². The van der Waals surface area contributed by atoms with E-state index < -0.39 is 5.54 Å². The fourth-order valence-electron chi connectivity index (χ4n) is 4.37. The molecule has 0 bridgehead atoms. The molecule has 0 amide bonds. The summed E-state index contributed by atoms with van der Waals surface area (Å²) in [6, 6.07) is 14.8. The van der Waals surface area contributed by atoms with Gasteiger partial charge in [-0.05, 0) is 61.4 Å². The molecule has 0 spiro atoms. The van der Waals surface area contributed by atoms with Crippen LogP contribution < -0.4 is 11.5 Å². The smallest absolute Gasteiger partial charge is 0.147 e. The van der Waals surface area contributed by atoms with Gasteiger partial charge in [0.2, 0.25) is 0 Å². The van der Waals surface area contributed by atoms with Crippen LogP contribution in [0.25, 0.3) is 21.5 Å². The third-order valence-electron chi connectivity index (χ3n) is 6.23. The highest BCUT2D eigenvalue weighted by atomic mass is 32.1. The van der Waals surface area contributed by atoms with Gasteiger partial charge in [-0.3, -0.25) is 5.10 Å². The normalized spacial score (nSPS) is 18.5. The van der Waals surface area contributed by atoms with E-state index in [1.807, 2.05) is 19.1 Å². The van der Waals surface area contributed by atoms with Crippen LogP contribution in [0.1, 0.15) is 28.2 Å². The van der Waals surface area contributed by atoms with E-state index in [4.69, 9.17) is 11.5 Å². The van der Waals surface area contributed by atoms with Crippen LogP contribution in [0.15, 0.2) is 42.5 Å². The largest absolute Gasteiger partial charge is 0.328 e. The van der Waals surface area contributed by atoms with Gasteiger partial charge in [0.15, 0.2) is 0 Å². The van der Waals surface area contributed by atoms with Crippen molar-refractivity contribution < 1.29 is 0 Å². The summed E-state index contributed by atoms with van der Waals surface area (Å²) < 4.78 is 0. The molecule has 2 aromatic carbocycles. The van der Waals surface area contributed by atoms with Crippen molar-refractivity contribution >= 4 is 22.2 Å². The van der Waals surface area contributed by atoms with Crippen LogP contribution in [0.3, 0.4) is 0 Å². The van der Waals surface area contributed by atoms with Crippen molar-refractivity contribution in [2.24, 2.45) is 17.4 Å². The number of benzene rings is 2. The first-order valence-electron chi connectivity index (χ1n) is 9.93. The summed E-state index contributed by atoms with van der Waals surface area (Å²) in [7, 11) is 0. The third-order valence-corrected chi connectivity index (χ3v) is 7.39. The van der Waals surface area contributed by atoms with Crippen molar-refractivity contribution in [1.82, 2.24) is 20.4 Å². The summed E-state index contributed by atoms with van der Waals surface area (Å²) in [6.07, 6.45) is 2.97. The van der Waals surface area contributed by atoms with Crippen LogP contribution in [0, 0.1) is 12.8 Å². The van der Waals surface area contributed by atoms with Crippen LogP contribution in [-0.4, -0.2) is 26.9 Å². The number of aryl methyl sites for hydroxylation is 2. The van der Waals surface area contributed by atoms with Crippen molar-refractivity contribution in [2.45, 2.75) is 31.7 Å². The number of hydrogen-bond acceptors (Lipinski definition) is 6. The fraction of sp³-hybridized carbons (Fsp3) is 0.318. The van der Waals surface area contributed by atoms with E-state index in [1.54, 1.807) is 11.3 Å². The molecular weight excluding hydrogens is 380 g/mol. The van der Waals surface area contributed by atoms with E-state index >= 15 is 0 Å². The zero-order chi connectivity index (χ0) is 20.0. The highest BCUT2D eigenvalue weighted by molar-refractivity contribution is 7.14. The summed E-state index contributed by atoms with van der Waals surface area (Å²) in [5, 5.41) is 19.1. The molecule has 0 saturated carbocycles. The average molecular weight is 405 g/mol. The van der Waals surface area contributed by atoms with Crippen molar-refractivity contribution in [1.29, 1.82) is 0 Å². The Balaban J connectivity index is 1.48. The first kappa shape index (κ1) is 18.4. The Morgan fingerprint density at radius 2 is 2.00 bits per heavy atom. The monoisotopic (exact) mass is 404 g/mol. The molecule has 2 aromatic heterocycles. The highest BCUT2D eigenvalue weighted by Crippen LogP contribution is 2.39. The minimum atomic E-state index is -0.668. The Hall–Kier alpha value is -2.61. The van der Waals surface area contributed by atoms with Crippen LogP contribution in [0.5, 0.6) is 0 Å². The molecular formula is C22H24N6S. The first-order chi connectivity index (χ1) is 14.1. The lowest BCUT2D eigenvalue weighted by Crippen LogP contribution is -2.52. The van der Waals surface area contributed by atoms with E-state index in [0.717, 1.165) is 51.4 Å². The molecule has 0 radical (unpaired) electrons. The maximum absolute atomic E-state index is 6.91. The number of H-pyrrole nitrogens is 1. The summed E-state index contributed by atoms with van der Waals surface area (Å²) in [5.74, 6) is 0.252. The second kappa shape index (κ2) is 7.02. The van der Waals surface area contributed by atoms with Gasteiger partial charge < -0.3 is 11.5 Å². The molecule has 0 aliphatic heterocycles. The van der Waals surface area contributed by atoms with E-state index in [0.29, 0.717) is 6.54 Å². The molecule has 7 heteroatoms. The van der Waals surface area contributed by atoms with Crippen molar-refractivity contribution in [2.75, 3.05) is 6.54 Å². The lowest BCUT2D eigenvalue weighted by Gasteiger charge is -2.37. The number of aromatic nitrogens is 4. The van der Waals surface area contributed by atoms with Gasteiger partial charge in [-0.1, -0.05) is 35.6 Å². The Morgan fingerprint density at radius 3 is 2.83 bits per heavy atom. The lowest BCUT2D eigenvalue weighted by molar-refractivity contribution is 0.251. The number of aromatic amines is 1. The van der Waals surface area contributed by atoms with Gasteiger partial charge >= 0.3 is 0 Å². The van der Waals surface area contributed by atoms with Gasteiger partial charge in [-0.15, -0.1) is 10.2 Å². The standard InChI is InChI=1S/C22H24N6S/c1-13-18-11-16(7-9-19(18)26-25-13)20-27-28-21(29-20)22(24,12-23)17-8-6-14-4-2-3-5-15(14)10-17/h2-5,7,9,11,17H,6,8,10,12,23-24H2,1H3,(H,25,26). The Morgan fingerprint density at radius 1 is 1.17 bits per heavy atom. The molecule has 2 heterocycles. The second-order valence-electron chi connectivity index (χ2n) is 7.95. The van der Waals surface area contributed by atoms with Gasteiger partial charge in [-0.2, -0.15) is 5.10 Å². The maximum Gasteiger partial charge on any atom is 0.147 e. The molecule has 4 aromatic rings. The molecule has 0 fully saturated rings. The van der Waals surface area contributed by atoms with E-state index in [1.165, 1.54) is 11.1 Å². The molecule has 0 saturated heterocycles. The minimum Gasteiger partial charge on any atom is -0.328 e. The predicted molar refractivity (Wildman–Crippen MR) is 117 cm³/mol. The molecule has 1 aliphatic carbocycles. The maximum atomic E-state index is 6.91. The molecule has 5 N–H and O–H groups in total. The topological polar surface area (TPSA) is 106 Å². The molecule has 29 heavy (non-hydrogen) atoms. The van der Waals surface area contributed by atoms with Crippen LogP contribution in [0.4, 0.5) is 0 Å². The summed E-state index contributed by atoms with van der Waals surface area (Å²) in [6.45, 7) is 2.37. The number of nitrogens with two attached hydrogens (primary N) is 2. The molecule has 2 unspecified atom stereocenters. The molecule has 2 atom stereocenters. The van der Waals surface area contributed by atoms with E-state index in [-0.39, 0.29) is 5.92 Å². The summed E-state index contributed by atoms with van der Waals surface area (Å²) in [5.41, 5.74) is 18.3. The van der Waals surface area contributed by atoms with Gasteiger partial charge in [0.25, 0.3) is 0 Å². The van der Waals surface area contributed by atoms with Crippen LogP contribution >= 0.6 is 11.3 Å². The average Bonchev–Trinajstić information content (AvgIpc) is 3.40.